The Hall–Kier alpha value is -2.62. The molecule has 1 aliphatic carbocycles. The van der Waals surface area contributed by atoms with Crippen molar-refractivity contribution in [2.75, 3.05) is 13.7 Å². The van der Waals surface area contributed by atoms with E-state index in [9.17, 15) is 9.59 Å². The van der Waals surface area contributed by atoms with Crippen molar-refractivity contribution in [3.05, 3.63) is 59.7 Å². The van der Waals surface area contributed by atoms with E-state index in [0.717, 1.165) is 16.0 Å². The first-order valence-electron chi connectivity index (χ1n) is 7.19. The van der Waals surface area contributed by atoms with Gasteiger partial charge in [0.2, 0.25) is 5.91 Å². The standard InChI is InChI=1S/C18H17NO3/c1-12(20)19(2)18(21)22-11-17-15-9-5-3-7-13(15)14-8-4-6-10-16(14)17/h3-10,17H,11H2,1-2H3. The van der Waals surface area contributed by atoms with Crippen LogP contribution in [0.1, 0.15) is 24.0 Å². The normalized spacial score (nSPS) is 12.5. The maximum absolute atomic E-state index is 11.8. The largest absolute Gasteiger partial charge is 0.448 e. The second-order valence-corrected chi connectivity index (χ2v) is 5.38. The minimum Gasteiger partial charge on any atom is -0.448 e. The van der Waals surface area contributed by atoms with Gasteiger partial charge < -0.3 is 4.74 Å². The number of ether oxygens (including phenoxy) is 1. The smallest absolute Gasteiger partial charge is 0.416 e. The van der Waals surface area contributed by atoms with E-state index in [4.69, 9.17) is 4.74 Å². The topological polar surface area (TPSA) is 46.6 Å². The number of carbonyl (C=O) groups is 2. The van der Waals surface area contributed by atoms with E-state index in [2.05, 4.69) is 24.3 Å². The van der Waals surface area contributed by atoms with Gasteiger partial charge in [0.1, 0.15) is 6.61 Å². The highest BCUT2D eigenvalue weighted by Crippen LogP contribution is 2.44. The quantitative estimate of drug-likeness (QED) is 0.853. The highest BCUT2D eigenvalue weighted by atomic mass is 16.6. The number of hydrogen-bond donors (Lipinski definition) is 0. The van der Waals surface area contributed by atoms with Crippen molar-refractivity contribution in [1.82, 2.24) is 4.90 Å². The summed E-state index contributed by atoms with van der Waals surface area (Å²) in [5.41, 5.74) is 4.67. The van der Waals surface area contributed by atoms with E-state index in [1.807, 2.05) is 24.3 Å². The summed E-state index contributed by atoms with van der Waals surface area (Å²) in [7, 11) is 1.42. The maximum atomic E-state index is 11.8. The van der Waals surface area contributed by atoms with Crippen molar-refractivity contribution in [2.24, 2.45) is 0 Å². The van der Waals surface area contributed by atoms with Gasteiger partial charge in [-0.25, -0.2) is 4.79 Å². The Morgan fingerprint density at radius 1 is 1.00 bits per heavy atom. The Balaban J connectivity index is 1.85. The average molecular weight is 295 g/mol. The van der Waals surface area contributed by atoms with E-state index in [1.54, 1.807) is 0 Å². The number of fused-ring (bicyclic) bond motifs is 3. The predicted octanol–water partition coefficient (Wildman–Crippen LogP) is 3.41. The number of carbonyl (C=O) groups excluding carboxylic acids is 2. The molecule has 0 fully saturated rings. The van der Waals surface area contributed by atoms with Gasteiger partial charge in [0.25, 0.3) is 0 Å². The number of rotatable bonds is 2. The molecule has 4 nitrogen and oxygen atoms in total. The molecule has 2 aromatic carbocycles. The summed E-state index contributed by atoms with van der Waals surface area (Å²) >= 11 is 0. The molecule has 0 unspecified atom stereocenters. The van der Waals surface area contributed by atoms with E-state index < -0.39 is 6.09 Å². The predicted molar refractivity (Wildman–Crippen MR) is 83.5 cm³/mol. The summed E-state index contributed by atoms with van der Waals surface area (Å²) in [6, 6.07) is 16.3. The molecule has 2 amide bonds. The van der Waals surface area contributed by atoms with Gasteiger partial charge in [0, 0.05) is 19.9 Å². The van der Waals surface area contributed by atoms with Crippen molar-refractivity contribution < 1.29 is 14.3 Å². The molecule has 0 heterocycles. The lowest BCUT2D eigenvalue weighted by Crippen LogP contribution is -2.32. The van der Waals surface area contributed by atoms with E-state index in [-0.39, 0.29) is 18.4 Å². The monoisotopic (exact) mass is 295 g/mol. The fourth-order valence-electron chi connectivity index (χ4n) is 2.82. The van der Waals surface area contributed by atoms with Gasteiger partial charge >= 0.3 is 6.09 Å². The fraction of sp³-hybridized carbons (Fsp3) is 0.222. The van der Waals surface area contributed by atoms with Crippen LogP contribution in [0.5, 0.6) is 0 Å². The third-order valence-electron chi connectivity index (χ3n) is 4.08. The first kappa shape index (κ1) is 14.3. The molecule has 0 atom stereocenters. The van der Waals surface area contributed by atoms with Crippen molar-refractivity contribution >= 4 is 12.0 Å². The van der Waals surface area contributed by atoms with Crippen LogP contribution in [-0.2, 0) is 9.53 Å². The van der Waals surface area contributed by atoms with Crippen LogP contribution >= 0.6 is 0 Å². The lowest BCUT2D eigenvalue weighted by Gasteiger charge is -2.17. The summed E-state index contributed by atoms with van der Waals surface area (Å²) in [5, 5.41) is 0. The van der Waals surface area contributed by atoms with Crippen LogP contribution in [0, 0.1) is 0 Å². The maximum Gasteiger partial charge on any atom is 0.416 e. The van der Waals surface area contributed by atoms with Gasteiger partial charge in [-0.1, -0.05) is 48.5 Å². The number of hydrogen-bond acceptors (Lipinski definition) is 3. The second kappa shape index (κ2) is 5.64. The van der Waals surface area contributed by atoms with Crippen LogP contribution in [0.15, 0.2) is 48.5 Å². The molecule has 22 heavy (non-hydrogen) atoms. The second-order valence-electron chi connectivity index (χ2n) is 5.38. The summed E-state index contributed by atoms with van der Waals surface area (Å²) in [4.78, 5) is 24.0. The number of nitrogens with zero attached hydrogens (tertiary/aromatic N) is 1. The summed E-state index contributed by atoms with van der Waals surface area (Å²) in [6.45, 7) is 1.56. The lowest BCUT2D eigenvalue weighted by atomic mass is 9.98. The van der Waals surface area contributed by atoms with Crippen LogP contribution < -0.4 is 0 Å². The first-order chi connectivity index (χ1) is 10.6. The molecule has 0 saturated heterocycles. The van der Waals surface area contributed by atoms with Crippen LogP contribution in [0.2, 0.25) is 0 Å². The number of amides is 2. The van der Waals surface area contributed by atoms with Crippen LogP contribution in [-0.4, -0.2) is 30.6 Å². The Bertz CT molecular complexity index is 693. The fourth-order valence-corrected chi connectivity index (χ4v) is 2.82. The van der Waals surface area contributed by atoms with E-state index in [1.165, 1.54) is 25.1 Å². The third-order valence-corrected chi connectivity index (χ3v) is 4.08. The Morgan fingerprint density at radius 3 is 2.00 bits per heavy atom. The molecule has 0 N–H and O–H groups in total. The highest BCUT2D eigenvalue weighted by molar-refractivity contribution is 5.90. The van der Waals surface area contributed by atoms with Gasteiger partial charge in [0.05, 0.1) is 0 Å². The van der Waals surface area contributed by atoms with Gasteiger partial charge in [-0.15, -0.1) is 0 Å². The Kier molecular flexibility index (Phi) is 3.67. The van der Waals surface area contributed by atoms with Crippen LogP contribution in [0.3, 0.4) is 0 Å². The molecule has 0 aromatic heterocycles. The van der Waals surface area contributed by atoms with E-state index in [0.29, 0.717) is 0 Å². The first-order valence-corrected chi connectivity index (χ1v) is 7.19. The summed E-state index contributed by atoms with van der Waals surface area (Å²) in [6.07, 6.45) is -0.616. The van der Waals surface area contributed by atoms with Gasteiger partial charge in [0.15, 0.2) is 0 Å². The van der Waals surface area contributed by atoms with Crippen molar-refractivity contribution in [1.29, 1.82) is 0 Å². The zero-order valence-corrected chi connectivity index (χ0v) is 12.6. The van der Waals surface area contributed by atoms with Gasteiger partial charge in [-0.3, -0.25) is 9.69 Å². The molecule has 0 saturated carbocycles. The minimum atomic E-state index is -0.616. The molecule has 0 radical (unpaired) electrons. The molecule has 0 bridgehead atoms. The molecule has 1 aliphatic rings. The van der Waals surface area contributed by atoms with Crippen molar-refractivity contribution in [3.8, 4) is 11.1 Å². The van der Waals surface area contributed by atoms with E-state index >= 15 is 0 Å². The van der Waals surface area contributed by atoms with Gasteiger partial charge in [-0.2, -0.15) is 0 Å². The lowest BCUT2D eigenvalue weighted by molar-refractivity contribution is -0.126. The van der Waals surface area contributed by atoms with Crippen LogP contribution in [0.4, 0.5) is 4.79 Å². The van der Waals surface area contributed by atoms with Crippen molar-refractivity contribution in [3.63, 3.8) is 0 Å². The van der Waals surface area contributed by atoms with Gasteiger partial charge in [-0.05, 0) is 22.3 Å². The molecule has 112 valence electrons. The van der Waals surface area contributed by atoms with Crippen molar-refractivity contribution in [2.45, 2.75) is 12.8 Å². The molecular weight excluding hydrogens is 278 g/mol. The molecular formula is C18H17NO3. The molecule has 2 aromatic rings. The minimum absolute atomic E-state index is 0.0108. The number of imide groups is 1. The Morgan fingerprint density at radius 2 is 1.50 bits per heavy atom. The zero-order chi connectivity index (χ0) is 15.7. The molecule has 3 rings (SSSR count). The zero-order valence-electron chi connectivity index (χ0n) is 12.6. The molecule has 0 spiro atoms. The number of benzene rings is 2. The SMILES string of the molecule is CC(=O)N(C)C(=O)OCC1c2ccccc2-c2ccccc21. The average Bonchev–Trinajstić information content (AvgIpc) is 2.86. The third kappa shape index (κ3) is 2.37. The highest BCUT2D eigenvalue weighted by Gasteiger charge is 2.29. The van der Waals surface area contributed by atoms with Crippen LogP contribution in [0.25, 0.3) is 11.1 Å². The summed E-state index contributed by atoms with van der Waals surface area (Å²) in [5.74, 6) is -0.325. The molecule has 4 heteroatoms. The summed E-state index contributed by atoms with van der Waals surface area (Å²) < 4.78 is 5.33. The Labute approximate surface area is 129 Å². The molecule has 0 aliphatic heterocycles.